The van der Waals surface area contributed by atoms with E-state index in [0.717, 1.165) is 13.0 Å². The maximum atomic E-state index is 12.2. The first-order valence-electron chi connectivity index (χ1n) is 7.87. The minimum atomic E-state index is -0.719. The van der Waals surface area contributed by atoms with Gasteiger partial charge in [-0.3, -0.25) is 14.5 Å². The molecule has 3 N–H and O–H groups in total. The summed E-state index contributed by atoms with van der Waals surface area (Å²) in [5.74, 6) is -0.125. The molecule has 23 heavy (non-hydrogen) atoms. The van der Waals surface area contributed by atoms with E-state index in [-0.39, 0.29) is 24.3 Å². The number of anilines is 2. The van der Waals surface area contributed by atoms with E-state index < -0.39 is 5.60 Å². The molecule has 1 aromatic carbocycles. The third kappa shape index (κ3) is 5.04. The van der Waals surface area contributed by atoms with E-state index in [2.05, 4.69) is 10.6 Å². The standard InChI is InChI=1S/C17H25N3O3/c1-12(21)18-14-6-4-5-7-15(14)19-16(22)11-20-9-8-13(10-20)17(2,3)23/h4-7,13,23H,8-11H2,1-3H3,(H,18,21)(H,19,22)/t13-/m1/s1. The Bertz CT molecular complexity index is 581. The van der Waals surface area contributed by atoms with Crippen LogP contribution in [0.15, 0.2) is 24.3 Å². The molecule has 1 saturated heterocycles. The molecule has 1 fully saturated rings. The van der Waals surface area contributed by atoms with Gasteiger partial charge in [0.15, 0.2) is 0 Å². The van der Waals surface area contributed by atoms with E-state index in [1.807, 2.05) is 18.7 Å². The molecule has 126 valence electrons. The van der Waals surface area contributed by atoms with Crippen molar-refractivity contribution < 1.29 is 14.7 Å². The topological polar surface area (TPSA) is 81.7 Å². The first-order valence-corrected chi connectivity index (χ1v) is 7.87. The van der Waals surface area contributed by atoms with Crippen LogP contribution in [0.4, 0.5) is 11.4 Å². The van der Waals surface area contributed by atoms with Crippen LogP contribution in [0.2, 0.25) is 0 Å². The van der Waals surface area contributed by atoms with Gasteiger partial charge in [0.2, 0.25) is 11.8 Å². The average Bonchev–Trinajstić information content (AvgIpc) is 2.89. The quantitative estimate of drug-likeness (QED) is 0.771. The first-order chi connectivity index (χ1) is 10.8. The van der Waals surface area contributed by atoms with E-state index in [9.17, 15) is 14.7 Å². The molecule has 6 heteroatoms. The van der Waals surface area contributed by atoms with Crippen molar-refractivity contribution in [1.29, 1.82) is 0 Å². The van der Waals surface area contributed by atoms with E-state index in [4.69, 9.17) is 0 Å². The molecule has 6 nitrogen and oxygen atoms in total. The SMILES string of the molecule is CC(=O)Nc1ccccc1NC(=O)CN1CC[C@@H](C(C)(C)O)C1. The van der Waals surface area contributed by atoms with Gasteiger partial charge in [-0.2, -0.15) is 0 Å². The molecule has 2 amide bonds. The van der Waals surface area contributed by atoms with Gasteiger partial charge in [-0.1, -0.05) is 12.1 Å². The summed E-state index contributed by atoms with van der Waals surface area (Å²) in [6, 6.07) is 7.11. The third-order valence-corrected chi connectivity index (χ3v) is 4.15. The molecule has 0 saturated carbocycles. The molecule has 0 aromatic heterocycles. The van der Waals surface area contributed by atoms with Gasteiger partial charge >= 0.3 is 0 Å². The number of para-hydroxylation sites is 2. The molecule has 0 bridgehead atoms. The van der Waals surface area contributed by atoms with Crippen LogP contribution in [0.1, 0.15) is 27.2 Å². The van der Waals surface area contributed by atoms with Gasteiger partial charge in [0, 0.05) is 19.4 Å². The maximum Gasteiger partial charge on any atom is 0.238 e. The fourth-order valence-corrected chi connectivity index (χ4v) is 2.84. The van der Waals surface area contributed by atoms with Crippen molar-refractivity contribution in [2.24, 2.45) is 5.92 Å². The molecule has 1 atom stereocenters. The van der Waals surface area contributed by atoms with Crippen molar-refractivity contribution in [2.75, 3.05) is 30.3 Å². The molecule has 0 radical (unpaired) electrons. The Morgan fingerprint density at radius 1 is 1.26 bits per heavy atom. The fourth-order valence-electron chi connectivity index (χ4n) is 2.84. The third-order valence-electron chi connectivity index (χ3n) is 4.15. The Hall–Kier alpha value is -1.92. The van der Waals surface area contributed by atoms with Crippen LogP contribution in [0.3, 0.4) is 0 Å². The average molecular weight is 319 g/mol. The largest absolute Gasteiger partial charge is 0.390 e. The van der Waals surface area contributed by atoms with Crippen molar-refractivity contribution in [3.63, 3.8) is 0 Å². The van der Waals surface area contributed by atoms with Gasteiger partial charge in [-0.05, 0) is 38.9 Å². The second-order valence-corrected chi connectivity index (χ2v) is 6.65. The Morgan fingerprint density at radius 3 is 2.39 bits per heavy atom. The molecule has 1 aliphatic rings. The summed E-state index contributed by atoms with van der Waals surface area (Å²) < 4.78 is 0. The van der Waals surface area contributed by atoms with Crippen LogP contribution < -0.4 is 10.6 Å². The van der Waals surface area contributed by atoms with Gasteiger partial charge in [0.05, 0.1) is 23.5 Å². The smallest absolute Gasteiger partial charge is 0.238 e. The lowest BCUT2D eigenvalue weighted by Gasteiger charge is -2.25. The summed E-state index contributed by atoms with van der Waals surface area (Å²) in [7, 11) is 0. The number of nitrogens with zero attached hydrogens (tertiary/aromatic N) is 1. The highest BCUT2D eigenvalue weighted by Gasteiger charge is 2.33. The lowest BCUT2D eigenvalue weighted by atomic mass is 9.90. The Labute approximate surface area is 136 Å². The second kappa shape index (κ2) is 7.10. The fraction of sp³-hybridized carbons (Fsp3) is 0.529. The van der Waals surface area contributed by atoms with Crippen LogP contribution in [0.5, 0.6) is 0 Å². The summed E-state index contributed by atoms with van der Waals surface area (Å²) >= 11 is 0. The number of rotatable bonds is 5. The van der Waals surface area contributed by atoms with Gasteiger partial charge in [-0.25, -0.2) is 0 Å². The highest BCUT2D eigenvalue weighted by Crippen LogP contribution is 2.27. The molecule has 1 heterocycles. The molecule has 1 aliphatic heterocycles. The zero-order valence-corrected chi connectivity index (χ0v) is 13.9. The predicted molar refractivity (Wildman–Crippen MR) is 90.2 cm³/mol. The molecular weight excluding hydrogens is 294 g/mol. The van der Waals surface area contributed by atoms with Crippen LogP contribution in [-0.2, 0) is 9.59 Å². The van der Waals surface area contributed by atoms with E-state index in [0.29, 0.717) is 17.9 Å². The van der Waals surface area contributed by atoms with E-state index >= 15 is 0 Å². The molecule has 0 spiro atoms. The highest BCUT2D eigenvalue weighted by atomic mass is 16.3. The minimum absolute atomic E-state index is 0.126. The Morgan fingerprint density at radius 2 is 1.87 bits per heavy atom. The number of carbonyl (C=O) groups excluding carboxylic acids is 2. The zero-order valence-electron chi connectivity index (χ0n) is 13.9. The van der Waals surface area contributed by atoms with Crippen LogP contribution in [0.25, 0.3) is 0 Å². The lowest BCUT2D eigenvalue weighted by molar-refractivity contribution is -0.117. The number of hydrogen-bond donors (Lipinski definition) is 3. The molecule has 0 aliphatic carbocycles. The molecule has 1 aromatic rings. The van der Waals surface area contributed by atoms with E-state index in [1.54, 1.807) is 24.3 Å². The summed E-state index contributed by atoms with van der Waals surface area (Å²) in [4.78, 5) is 25.5. The van der Waals surface area contributed by atoms with Crippen LogP contribution in [-0.4, -0.2) is 47.1 Å². The van der Waals surface area contributed by atoms with Crippen molar-refractivity contribution in [1.82, 2.24) is 4.90 Å². The normalized spacial score (nSPS) is 18.7. The number of nitrogens with one attached hydrogen (secondary N) is 2. The number of carbonyl (C=O) groups is 2. The van der Waals surface area contributed by atoms with Crippen LogP contribution >= 0.6 is 0 Å². The van der Waals surface area contributed by atoms with Crippen molar-refractivity contribution >= 4 is 23.2 Å². The van der Waals surface area contributed by atoms with Crippen molar-refractivity contribution in [2.45, 2.75) is 32.8 Å². The van der Waals surface area contributed by atoms with E-state index in [1.165, 1.54) is 6.92 Å². The number of aliphatic hydroxyl groups is 1. The molecule has 2 rings (SSSR count). The molecule has 0 unspecified atom stereocenters. The second-order valence-electron chi connectivity index (χ2n) is 6.65. The van der Waals surface area contributed by atoms with Gasteiger partial charge in [0.25, 0.3) is 0 Å². The Kier molecular flexibility index (Phi) is 5.38. The summed E-state index contributed by atoms with van der Waals surface area (Å²) in [6.07, 6.45) is 0.888. The molecular formula is C17H25N3O3. The monoisotopic (exact) mass is 319 g/mol. The maximum absolute atomic E-state index is 12.2. The number of benzene rings is 1. The minimum Gasteiger partial charge on any atom is -0.390 e. The van der Waals surface area contributed by atoms with Crippen molar-refractivity contribution in [3.8, 4) is 0 Å². The Balaban J connectivity index is 1.92. The lowest BCUT2D eigenvalue weighted by Crippen LogP contribution is -2.36. The number of likely N-dealkylation sites (tertiary alicyclic amines) is 1. The van der Waals surface area contributed by atoms with Gasteiger partial charge < -0.3 is 15.7 Å². The zero-order chi connectivity index (χ0) is 17.0. The first kappa shape index (κ1) is 17.4. The summed E-state index contributed by atoms with van der Waals surface area (Å²) in [5, 5.41) is 15.6. The van der Waals surface area contributed by atoms with Crippen molar-refractivity contribution in [3.05, 3.63) is 24.3 Å². The summed E-state index contributed by atoms with van der Waals surface area (Å²) in [6.45, 7) is 6.84. The summed E-state index contributed by atoms with van der Waals surface area (Å²) in [5.41, 5.74) is 0.457. The van der Waals surface area contributed by atoms with Gasteiger partial charge in [0.1, 0.15) is 0 Å². The van der Waals surface area contributed by atoms with Crippen LogP contribution in [0, 0.1) is 5.92 Å². The number of hydrogen-bond acceptors (Lipinski definition) is 4. The highest BCUT2D eigenvalue weighted by molar-refractivity contribution is 5.99. The number of amides is 2. The van der Waals surface area contributed by atoms with Gasteiger partial charge in [-0.15, -0.1) is 0 Å². The predicted octanol–water partition coefficient (Wildman–Crippen LogP) is 1.68.